The van der Waals surface area contributed by atoms with Gasteiger partial charge in [-0.25, -0.2) is 0 Å². The number of hydrogen-bond acceptors (Lipinski definition) is 3. The maximum Gasteiger partial charge on any atom is 0.124 e. The fourth-order valence-electron chi connectivity index (χ4n) is 2.34. The molecule has 0 saturated carbocycles. The lowest BCUT2D eigenvalue weighted by molar-refractivity contribution is 0.517. The molecule has 90 valence electrons. The number of rotatable bonds is 5. The van der Waals surface area contributed by atoms with E-state index in [1.54, 1.807) is 0 Å². The minimum absolute atomic E-state index is 0.898. The average molecular weight is 222 g/mol. The van der Waals surface area contributed by atoms with Crippen LogP contribution in [0, 0.1) is 12.8 Å². The van der Waals surface area contributed by atoms with Crippen LogP contribution in [-0.4, -0.2) is 29.4 Å². The van der Waals surface area contributed by atoms with Gasteiger partial charge >= 0.3 is 0 Å². The average Bonchev–Trinajstić information content (AvgIpc) is 2.84. The maximum atomic E-state index is 4.31. The molecular formula is C12H22N4. The number of anilines is 1. The van der Waals surface area contributed by atoms with Gasteiger partial charge in [0.2, 0.25) is 0 Å². The highest BCUT2D eigenvalue weighted by atomic mass is 15.3. The van der Waals surface area contributed by atoms with E-state index in [1.165, 1.54) is 32.4 Å². The first kappa shape index (κ1) is 11.5. The van der Waals surface area contributed by atoms with Gasteiger partial charge in [-0.05, 0) is 45.2 Å². The molecular weight excluding hydrogens is 200 g/mol. The Morgan fingerprint density at radius 1 is 1.62 bits per heavy atom. The molecule has 0 bridgehead atoms. The van der Waals surface area contributed by atoms with Gasteiger partial charge in [0.15, 0.2) is 0 Å². The quantitative estimate of drug-likeness (QED) is 0.742. The number of hydrogen-bond donors (Lipinski definition) is 2. The standard InChI is InChI=1S/C12H22N4/c1-10-8-12(16(2)15-10)14-6-3-4-11-5-7-13-9-11/h8,11,13-14H,3-7,9H2,1-2H3. The number of aromatic nitrogens is 2. The number of nitrogens with one attached hydrogen (secondary N) is 2. The van der Waals surface area contributed by atoms with Crippen LogP contribution < -0.4 is 10.6 Å². The fraction of sp³-hybridized carbons (Fsp3) is 0.750. The van der Waals surface area contributed by atoms with Crippen LogP contribution in [0.4, 0.5) is 5.82 Å². The molecule has 1 aromatic heterocycles. The molecule has 2 rings (SSSR count). The zero-order chi connectivity index (χ0) is 11.4. The fourth-order valence-corrected chi connectivity index (χ4v) is 2.34. The summed E-state index contributed by atoms with van der Waals surface area (Å²) < 4.78 is 1.91. The highest BCUT2D eigenvalue weighted by molar-refractivity contribution is 5.36. The summed E-state index contributed by atoms with van der Waals surface area (Å²) in [5.41, 5.74) is 1.07. The van der Waals surface area contributed by atoms with Crippen molar-refractivity contribution in [3.63, 3.8) is 0 Å². The third-order valence-corrected chi connectivity index (χ3v) is 3.26. The van der Waals surface area contributed by atoms with E-state index in [0.717, 1.165) is 24.0 Å². The lowest BCUT2D eigenvalue weighted by Gasteiger charge is -2.09. The Hall–Kier alpha value is -1.03. The van der Waals surface area contributed by atoms with Crippen molar-refractivity contribution in [1.29, 1.82) is 0 Å². The van der Waals surface area contributed by atoms with Crippen molar-refractivity contribution in [3.8, 4) is 0 Å². The van der Waals surface area contributed by atoms with E-state index in [0.29, 0.717) is 0 Å². The first-order chi connectivity index (χ1) is 7.75. The summed E-state index contributed by atoms with van der Waals surface area (Å²) in [5.74, 6) is 2.03. The zero-order valence-electron chi connectivity index (χ0n) is 10.3. The lowest BCUT2D eigenvalue weighted by atomic mass is 10.0. The van der Waals surface area contributed by atoms with Crippen molar-refractivity contribution >= 4 is 5.82 Å². The summed E-state index contributed by atoms with van der Waals surface area (Å²) >= 11 is 0. The summed E-state index contributed by atoms with van der Waals surface area (Å²) in [4.78, 5) is 0. The van der Waals surface area contributed by atoms with Crippen LogP contribution in [0.3, 0.4) is 0 Å². The minimum atomic E-state index is 0.898. The summed E-state index contributed by atoms with van der Waals surface area (Å²) in [7, 11) is 1.98. The first-order valence-electron chi connectivity index (χ1n) is 6.21. The topological polar surface area (TPSA) is 41.9 Å². The molecule has 1 atom stereocenters. The highest BCUT2D eigenvalue weighted by Crippen LogP contribution is 2.14. The Morgan fingerprint density at radius 3 is 3.12 bits per heavy atom. The first-order valence-corrected chi connectivity index (χ1v) is 6.21. The lowest BCUT2D eigenvalue weighted by Crippen LogP contribution is -2.11. The van der Waals surface area contributed by atoms with Gasteiger partial charge < -0.3 is 10.6 Å². The van der Waals surface area contributed by atoms with Crippen molar-refractivity contribution in [2.24, 2.45) is 13.0 Å². The molecule has 1 unspecified atom stereocenters. The predicted octanol–water partition coefficient (Wildman–Crippen LogP) is 1.53. The Morgan fingerprint density at radius 2 is 2.50 bits per heavy atom. The van der Waals surface area contributed by atoms with Crippen LogP contribution in [0.2, 0.25) is 0 Å². The number of nitrogens with zero attached hydrogens (tertiary/aromatic N) is 2. The molecule has 1 fully saturated rings. The van der Waals surface area contributed by atoms with E-state index in [2.05, 4.69) is 21.8 Å². The van der Waals surface area contributed by atoms with Crippen LogP contribution in [-0.2, 0) is 7.05 Å². The monoisotopic (exact) mass is 222 g/mol. The summed E-state index contributed by atoms with van der Waals surface area (Å²) in [6.07, 6.45) is 3.93. The van der Waals surface area contributed by atoms with Crippen molar-refractivity contribution < 1.29 is 0 Å². The Bertz CT molecular complexity index is 326. The molecule has 1 aliphatic heterocycles. The molecule has 1 aliphatic rings. The molecule has 0 amide bonds. The van der Waals surface area contributed by atoms with Gasteiger partial charge in [-0.2, -0.15) is 5.10 Å². The molecule has 2 heterocycles. The van der Waals surface area contributed by atoms with E-state index >= 15 is 0 Å². The summed E-state index contributed by atoms with van der Waals surface area (Å²) in [5, 5.41) is 11.2. The summed E-state index contributed by atoms with van der Waals surface area (Å²) in [6.45, 7) is 5.49. The normalized spacial score (nSPS) is 20.2. The zero-order valence-corrected chi connectivity index (χ0v) is 10.3. The maximum absolute atomic E-state index is 4.31. The van der Waals surface area contributed by atoms with Gasteiger partial charge in [-0.1, -0.05) is 0 Å². The molecule has 16 heavy (non-hydrogen) atoms. The summed E-state index contributed by atoms with van der Waals surface area (Å²) in [6, 6.07) is 2.09. The highest BCUT2D eigenvalue weighted by Gasteiger charge is 2.13. The van der Waals surface area contributed by atoms with E-state index in [4.69, 9.17) is 0 Å². The van der Waals surface area contributed by atoms with Crippen LogP contribution in [0.5, 0.6) is 0 Å². The van der Waals surface area contributed by atoms with Gasteiger partial charge in [-0.15, -0.1) is 0 Å². The second-order valence-electron chi connectivity index (χ2n) is 4.72. The van der Waals surface area contributed by atoms with Crippen molar-refractivity contribution in [2.75, 3.05) is 25.0 Å². The smallest absolute Gasteiger partial charge is 0.124 e. The van der Waals surface area contributed by atoms with E-state index in [1.807, 2.05) is 18.7 Å². The molecule has 4 nitrogen and oxygen atoms in total. The molecule has 2 N–H and O–H groups in total. The molecule has 4 heteroatoms. The Balaban J connectivity index is 1.65. The van der Waals surface area contributed by atoms with E-state index < -0.39 is 0 Å². The van der Waals surface area contributed by atoms with Gasteiger partial charge in [0.1, 0.15) is 5.82 Å². The third-order valence-electron chi connectivity index (χ3n) is 3.26. The van der Waals surface area contributed by atoms with Crippen molar-refractivity contribution in [2.45, 2.75) is 26.2 Å². The van der Waals surface area contributed by atoms with Gasteiger partial charge in [0.05, 0.1) is 5.69 Å². The molecule has 0 aromatic carbocycles. The molecule has 0 radical (unpaired) electrons. The number of aryl methyl sites for hydroxylation is 2. The van der Waals surface area contributed by atoms with Crippen molar-refractivity contribution in [3.05, 3.63) is 11.8 Å². The van der Waals surface area contributed by atoms with Gasteiger partial charge in [0, 0.05) is 19.7 Å². The Labute approximate surface area is 97.4 Å². The largest absolute Gasteiger partial charge is 0.370 e. The van der Waals surface area contributed by atoms with Crippen LogP contribution in [0.15, 0.2) is 6.07 Å². The van der Waals surface area contributed by atoms with Crippen molar-refractivity contribution in [1.82, 2.24) is 15.1 Å². The molecule has 0 spiro atoms. The Kier molecular flexibility index (Phi) is 3.83. The van der Waals surface area contributed by atoms with Crippen LogP contribution in [0.1, 0.15) is 25.0 Å². The minimum Gasteiger partial charge on any atom is -0.370 e. The van der Waals surface area contributed by atoms with Gasteiger partial charge in [-0.3, -0.25) is 4.68 Å². The van der Waals surface area contributed by atoms with E-state index in [-0.39, 0.29) is 0 Å². The SMILES string of the molecule is Cc1cc(NCCCC2CCNC2)n(C)n1. The second kappa shape index (κ2) is 5.34. The van der Waals surface area contributed by atoms with Gasteiger partial charge in [0.25, 0.3) is 0 Å². The molecule has 0 aliphatic carbocycles. The molecule has 1 saturated heterocycles. The molecule has 1 aromatic rings. The predicted molar refractivity (Wildman–Crippen MR) is 66.6 cm³/mol. The third kappa shape index (κ3) is 2.98. The van der Waals surface area contributed by atoms with Crippen LogP contribution in [0.25, 0.3) is 0 Å². The van der Waals surface area contributed by atoms with E-state index in [9.17, 15) is 0 Å². The van der Waals surface area contributed by atoms with Crippen LogP contribution >= 0.6 is 0 Å². The second-order valence-corrected chi connectivity index (χ2v) is 4.72.